The highest BCUT2D eigenvalue weighted by Gasteiger charge is 2.33. The predicted octanol–water partition coefficient (Wildman–Crippen LogP) is 2.46. The van der Waals surface area contributed by atoms with Gasteiger partial charge in [-0.1, -0.05) is 15.9 Å². The summed E-state index contributed by atoms with van der Waals surface area (Å²) in [5.41, 5.74) is 2.99. The molecule has 0 saturated heterocycles. The van der Waals surface area contributed by atoms with E-state index in [1.807, 2.05) is 26.0 Å². The Hall–Kier alpha value is -1.86. The molecule has 1 heterocycles. The predicted molar refractivity (Wildman–Crippen MR) is 88.0 cm³/mol. The van der Waals surface area contributed by atoms with E-state index in [4.69, 9.17) is 14.2 Å². The molecule has 124 valence electrons. The number of carbonyl (C=O) groups excluding carboxylic acids is 2. The molecule has 2 rings (SSSR count). The Labute approximate surface area is 143 Å². The Kier molecular flexibility index (Phi) is 5.43. The number of rotatable bonds is 3. The van der Waals surface area contributed by atoms with E-state index in [2.05, 4.69) is 15.9 Å². The highest BCUT2D eigenvalue weighted by atomic mass is 79.9. The van der Waals surface area contributed by atoms with Crippen LogP contribution < -0.4 is 4.90 Å². The van der Waals surface area contributed by atoms with E-state index in [9.17, 15) is 9.59 Å². The van der Waals surface area contributed by atoms with Crippen LogP contribution in [0.15, 0.2) is 27.9 Å². The lowest BCUT2D eigenvalue weighted by Crippen LogP contribution is -2.39. The molecule has 0 aliphatic carbocycles. The summed E-state index contributed by atoms with van der Waals surface area (Å²) in [6.07, 6.45) is 0. The highest BCUT2D eigenvalue weighted by Crippen LogP contribution is 2.32. The van der Waals surface area contributed by atoms with E-state index < -0.39 is 11.9 Å². The largest absolute Gasteiger partial charge is 0.466 e. The molecule has 1 aromatic carbocycles. The number of nitrogens with zero attached hydrogens (tertiary/aromatic N) is 1. The minimum atomic E-state index is -0.610. The molecule has 0 fully saturated rings. The van der Waals surface area contributed by atoms with E-state index in [0.29, 0.717) is 0 Å². The average Bonchev–Trinajstić information content (AvgIpc) is 2.56. The van der Waals surface area contributed by atoms with Crippen LogP contribution in [0, 0.1) is 13.8 Å². The van der Waals surface area contributed by atoms with Crippen molar-refractivity contribution in [1.82, 2.24) is 0 Å². The van der Waals surface area contributed by atoms with Crippen LogP contribution in [0.4, 0.5) is 5.69 Å². The molecule has 0 amide bonds. The first-order valence-electron chi connectivity index (χ1n) is 6.92. The Morgan fingerprint density at radius 3 is 2.39 bits per heavy atom. The quantitative estimate of drug-likeness (QED) is 0.747. The maximum absolute atomic E-state index is 12.3. The summed E-state index contributed by atoms with van der Waals surface area (Å²) >= 11 is 3.48. The third kappa shape index (κ3) is 3.40. The van der Waals surface area contributed by atoms with Crippen molar-refractivity contribution in [2.75, 3.05) is 32.5 Å². The number of ether oxygens (including phenoxy) is 3. The highest BCUT2D eigenvalue weighted by molar-refractivity contribution is 9.10. The Balaban J connectivity index is 2.62. The minimum Gasteiger partial charge on any atom is -0.466 e. The number of anilines is 1. The van der Waals surface area contributed by atoms with Crippen LogP contribution in [-0.4, -0.2) is 39.5 Å². The third-order valence-electron chi connectivity index (χ3n) is 3.60. The topological polar surface area (TPSA) is 65.1 Å². The molecule has 0 atom stereocenters. The first-order chi connectivity index (χ1) is 10.9. The van der Waals surface area contributed by atoms with Crippen molar-refractivity contribution in [3.05, 3.63) is 39.0 Å². The van der Waals surface area contributed by atoms with Crippen molar-refractivity contribution < 1.29 is 23.8 Å². The van der Waals surface area contributed by atoms with Gasteiger partial charge < -0.3 is 19.1 Å². The molecular weight excluding hydrogens is 366 g/mol. The molecule has 6 nitrogen and oxygen atoms in total. The first-order valence-corrected chi connectivity index (χ1v) is 7.71. The lowest BCUT2D eigenvalue weighted by Gasteiger charge is -2.32. The molecule has 0 N–H and O–H groups in total. The zero-order valence-electron chi connectivity index (χ0n) is 13.4. The van der Waals surface area contributed by atoms with Gasteiger partial charge in [0.15, 0.2) is 0 Å². The van der Waals surface area contributed by atoms with E-state index in [-0.39, 0.29) is 24.6 Å². The van der Waals surface area contributed by atoms with Crippen molar-refractivity contribution in [2.45, 2.75) is 13.8 Å². The molecule has 0 unspecified atom stereocenters. The zero-order chi connectivity index (χ0) is 17.1. The van der Waals surface area contributed by atoms with Gasteiger partial charge in [-0.2, -0.15) is 0 Å². The number of benzene rings is 1. The molecule has 0 spiro atoms. The van der Waals surface area contributed by atoms with Gasteiger partial charge >= 0.3 is 11.9 Å². The van der Waals surface area contributed by atoms with Gasteiger partial charge in [-0.25, -0.2) is 9.59 Å². The van der Waals surface area contributed by atoms with Crippen LogP contribution in [-0.2, 0) is 23.8 Å². The number of hydrogen-bond acceptors (Lipinski definition) is 6. The van der Waals surface area contributed by atoms with Gasteiger partial charge in [0, 0.05) is 10.2 Å². The molecule has 7 heteroatoms. The summed E-state index contributed by atoms with van der Waals surface area (Å²) in [5.74, 6) is -1.21. The standard InChI is InChI=1S/C16H18BrNO5/c1-9-6-13(10(2)5-12(9)17)18-8-23-7-11(15(19)21-3)14(18)16(20)22-4/h5-6H,7-8H2,1-4H3. The Bertz CT molecular complexity index is 683. The summed E-state index contributed by atoms with van der Waals surface area (Å²) in [7, 11) is 2.54. The number of hydrogen-bond donors (Lipinski definition) is 0. The maximum atomic E-state index is 12.3. The number of carbonyl (C=O) groups is 2. The van der Waals surface area contributed by atoms with E-state index in [0.717, 1.165) is 21.3 Å². The number of esters is 2. The van der Waals surface area contributed by atoms with Crippen molar-refractivity contribution in [3.63, 3.8) is 0 Å². The van der Waals surface area contributed by atoms with E-state index in [1.54, 1.807) is 4.90 Å². The Morgan fingerprint density at radius 1 is 1.13 bits per heavy atom. The number of methoxy groups -OCH3 is 2. The average molecular weight is 384 g/mol. The second-order valence-corrected chi connectivity index (χ2v) is 5.96. The van der Waals surface area contributed by atoms with E-state index >= 15 is 0 Å². The molecule has 1 aromatic rings. The first kappa shape index (κ1) is 17.5. The summed E-state index contributed by atoms with van der Waals surface area (Å²) in [4.78, 5) is 25.9. The van der Waals surface area contributed by atoms with Crippen LogP contribution in [0.5, 0.6) is 0 Å². The molecule has 0 radical (unpaired) electrons. The fourth-order valence-corrected chi connectivity index (χ4v) is 2.85. The van der Waals surface area contributed by atoms with Crippen molar-refractivity contribution in [2.24, 2.45) is 0 Å². The number of aryl methyl sites for hydroxylation is 2. The van der Waals surface area contributed by atoms with Crippen LogP contribution in [0.25, 0.3) is 0 Å². The van der Waals surface area contributed by atoms with Crippen molar-refractivity contribution in [1.29, 1.82) is 0 Å². The van der Waals surface area contributed by atoms with Crippen LogP contribution in [0.3, 0.4) is 0 Å². The van der Waals surface area contributed by atoms with Gasteiger partial charge in [0.25, 0.3) is 0 Å². The fraction of sp³-hybridized carbons (Fsp3) is 0.375. The van der Waals surface area contributed by atoms with Crippen molar-refractivity contribution in [3.8, 4) is 0 Å². The molecule has 1 aliphatic rings. The summed E-state index contributed by atoms with van der Waals surface area (Å²) in [6.45, 7) is 4.01. The smallest absolute Gasteiger partial charge is 0.355 e. The summed E-state index contributed by atoms with van der Waals surface area (Å²) < 4.78 is 16.0. The van der Waals surface area contributed by atoms with Gasteiger partial charge in [0.2, 0.25) is 0 Å². The molecule has 23 heavy (non-hydrogen) atoms. The minimum absolute atomic E-state index is 0.00215. The molecule has 0 aromatic heterocycles. The molecule has 0 saturated carbocycles. The SMILES string of the molecule is COC(=O)C1=C(C(=O)OC)N(c2cc(C)c(Br)cc2C)COC1. The maximum Gasteiger partial charge on any atom is 0.355 e. The van der Waals surface area contributed by atoms with Crippen molar-refractivity contribution >= 4 is 33.6 Å². The van der Waals surface area contributed by atoms with Gasteiger partial charge in [-0.3, -0.25) is 0 Å². The molecular formula is C16H18BrNO5. The molecule has 1 aliphatic heterocycles. The second kappa shape index (κ2) is 7.14. The fourth-order valence-electron chi connectivity index (χ4n) is 2.39. The summed E-state index contributed by atoms with van der Waals surface area (Å²) in [6, 6.07) is 3.87. The van der Waals surface area contributed by atoms with Crippen LogP contribution in [0.1, 0.15) is 11.1 Å². The lowest BCUT2D eigenvalue weighted by atomic mass is 10.1. The summed E-state index contributed by atoms with van der Waals surface area (Å²) in [5, 5.41) is 0. The lowest BCUT2D eigenvalue weighted by molar-refractivity contribution is -0.140. The normalized spacial score (nSPS) is 14.7. The number of halogens is 1. The third-order valence-corrected chi connectivity index (χ3v) is 4.46. The zero-order valence-corrected chi connectivity index (χ0v) is 15.0. The van der Waals surface area contributed by atoms with Gasteiger partial charge in [0.1, 0.15) is 12.4 Å². The van der Waals surface area contributed by atoms with Crippen LogP contribution in [0.2, 0.25) is 0 Å². The second-order valence-electron chi connectivity index (χ2n) is 5.10. The Morgan fingerprint density at radius 2 is 1.78 bits per heavy atom. The van der Waals surface area contributed by atoms with Gasteiger partial charge in [0.05, 0.1) is 26.4 Å². The van der Waals surface area contributed by atoms with Gasteiger partial charge in [-0.05, 0) is 37.1 Å². The van der Waals surface area contributed by atoms with E-state index in [1.165, 1.54) is 14.2 Å². The van der Waals surface area contributed by atoms with Crippen LogP contribution >= 0.6 is 15.9 Å². The van der Waals surface area contributed by atoms with Gasteiger partial charge in [-0.15, -0.1) is 0 Å². The monoisotopic (exact) mass is 383 g/mol. The molecule has 0 bridgehead atoms.